The quantitative estimate of drug-likeness (QED) is 0.878. The number of carbonyl (C=O) groups is 2. The number of hydrogen-bond acceptors (Lipinski definition) is 2. The van der Waals surface area contributed by atoms with Crippen LogP contribution in [-0.4, -0.2) is 35.1 Å². The predicted octanol–water partition coefficient (Wildman–Crippen LogP) is 2.91. The van der Waals surface area contributed by atoms with Gasteiger partial charge in [-0.1, -0.05) is 23.7 Å². The number of amides is 2. The molecule has 0 fully saturated rings. The zero-order valence-electron chi connectivity index (χ0n) is 11.8. The van der Waals surface area contributed by atoms with Crippen LogP contribution in [0.3, 0.4) is 0 Å². The van der Waals surface area contributed by atoms with Gasteiger partial charge < -0.3 is 15.3 Å². The Kier molecular flexibility index (Phi) is 5.82. The van der Waals surface area contributed by atoms with Crippen LogP contribution in [0.4, 0.5) is 4.79 Å². The van der Waals surface area contributed by atoms with Gasteiger partial charge >= 0.3 is 12.0 Å². The molecule has 2 amide bonds. The van der Waals surface area contributed by atoms with Gasteiger partial charge in [-0.25, -0.2) is 4.79 Å². The Balaban J connectivity index is 2.66. The van der Waals surface area contributed by atoms with Crippen LogP contribution in [0, 0.1) is 0 Å². The molecule has 0 saturated heterocycles. The maximum atomic E-state index is 12.0. The minimum absolute atomic E-state index is 0.106. The van der Waals surface area contributed by atoms with Crippen molar-refractivity contribution in [3.05, 3.63) is 34.9 Å². The van der Waals surface area contributed by atoms with Crippen LogP contribution in [0.5, 0.6) is 0 Å². The van der Waals surface area contributed by atoms with Crippen molar-refractivity contribution in [2.24, 2.45) is 0 Å². The van der Waals surface area contributed by atoms with Crippen molar-refractivity contribution in [3.8, 4) is 0 Å². The average molecular weight is 299 g/mol. The molecule has 110 valence electrons. The highest BCUT2D eigenvalue weighted by Gasteiger charge is 2.19. The summed E-state index contributed by atoms with van der Waals surface area (Å²) >= 11 is 5.93. The van der Waals surface area contributed by atoms with Crippen LogP contribution in [0.15, 0.2) is 24.3 Å². The van der Waals surface area contributed by atoms with Crippen molar-refractivity contribution >= 4 is 23.6 Å². The molecule has 1 aromatic rings. The zero-order valence-corrected chi connectivity index (χ0v) is 12.5. The van der Waals surface area contributed by atoms with E-state index in [1.807, 2.05) is 19.1 Å². The molecule has 0 aliphatic rings. The van der Waals surface area contributed by atoms with E-state index in [4.69, 9.17) is 16.7 Å². The zero-order chi connectivity index (χ0) is 15.3. The molecule has 0 aliphatic heterocycles. The van der Waals surface area contributed by atoms with Crippen molar-refractivity contribution in [3.63, 3.8) is 0 Å². The average Bonchev–Trinajstić information content (AvgIpc) is 2.35. The second kappa shape index (κ2) is 7.14. The van der Waals surface area contributed by atoms with Gasteiger partial charge in [-0.05, 0) is 31.5 Å². The molecule has 0 saturated carbocycles. The normalized spacial score (nSPS) is 13.4. The Hall–Kier alpha value is -1.75. The third kappa shape index (κ3) is 4.74. The van der Waals surface area contributed by atoms with Gasteiger partial charge in [0.1, 0.15) is 0 Å². The summed E-state index contributed by atoms with van der Waals surface area (Å²) in [6.07, 6.45) is -0.106. The summed E-state index contributed by atoms with van der Waals surface area (Å²) in [4.78, 5) is 24.1. The lowest BCUT2D eigenvalue weighted by Crippen LogP contribution is -2.43. The predicted molar refractivity (Wildman–Crippen MR) is 77.9 cm³/mol. The molecule has 5 nitrogen and oxygen atoms in total. The number of hydrogen-bond donors (Lipinski definition) is 2. The fraction of sp³-hybridized carbons (Fsp3) is 0.429. The van der Waals surface area contributed by atoms with Gasteiger partial charge in [0.2, 0.25) is 0 Å². The minimum atomic E-state index is -0.941. The largest absolute Gasteiger partial charge is 0.481 e. The van der Waals surface area contributed by atoms with Crippen molar-refractivity contribution in [2.45, 2.75) is 32.4 Å². The van der Waals surface area contributed by atoms with Gasteiger partial charge in [0.15, 0.2) is 0 Å². The summed E-state index contributed by atoms with van der Waals surface area (Å²) in [7, 11) is 1.66. The molecule has 0 spiro atoms. The van der Waals surface area contributed by atoms with E-state index >= 15 is 0 Å². The number of benzene rings is 1. The van der Waals surface area contributed by atoms with Gasteiger partial charge in [-0.2, -0.15) is 0 Å². The molecular formula is C14H19ClN2O3. The van der Waals surface area contributed by atoms with Crippen molar-refractivity contribution in [2.75, 3.05) is 7.05 Å². The highest BCUT2D eigenvalue weighted by Crippen LogP contribution is 2.21. The number of nitrogens with one attached hydrogen (secondary N) is 1. The molecule has 0 aromatic heterocycles. The molecule has 6 heteroatoms. The molecule has 0 radical (unpaired) electrons. The fourth-order valence-electron chi connectivity index (χ4n) is 1.79. The second-order valence-electron chi connectivity index (χ2n) is 4.79. The summed E-state index contributed by atoms with van der Waals surface area (Å²) in [6.45, 7) is 3.54. The summed E-state index contributed by atoms with van der Waals surface area (Å²) in [5, 5.41) is 11.9. The first kappa shape index (κ1) is 16.3. The monoisotopic (exact) mass is 298 g/mol. The Bertz CT molecular complexity index is 493. The number of rotatable bonds is 5. The van der Waals surface area contributed by atoms with Gasteiger partial charge in [0.25, 0.3) is 0 Å². The highest BCUT2D eigenvalue weighted by atomic mass is 35.5. The summed E-state index contributed by atoms with van der Waals surface area (Å²) in [5.74, 6) is -0.941. The van der Waals surface area contributed by atoms with Crippen LogP contribution in [0.2, 0.25) is 5.02 Å². The molecule has 20 heavy (non-hydrogen) atoms. The maximum absolute atomic E-state index is 12.0. The number of nitrogens with zero attached hydrogens (tertiary/aromatic N) is 1. The number of carboxylic acid groups (broad SMARTS) is 1. The van der Waals surface area contributed by atoms with Gasteiger partial charge in [0.05, 0.1) is 12.5 Å². The SMILES string of the molecule is CC(CC(=O)O)NC(=O)N(C)C(C)c1cccc(Cl)c1. The van der Waals surface area contributed by atoms with Gasteiger partial charge in [-0.15, -0.1) is 0 Å². The molecule has 2 N–H and O–H groups in total. The molecule has 0 aliphatic carbocycles. The second-order valence-corrected chi connectivity index (χ2v) is 5.23. The van der Waals surface area contributed by atoms with E-state index < -0.39 is 12.0 Å². The lowest BCUT2D eigenvalue weighted by Gasteiger charge is -2.27. The van der Waals surface area contributed by atoms with Crippen LogP contribution in [0.1, 0.15) is 31.9 Å². The van der Waals surface area contributed by atoms with E-state index in [1.165, 1.54) is 4.90 Å². The van der Waals surface area contributed by atoms with Gasteiger partial charge in [-0.3, -0.25) is 4.79 Å². The number of halogens is 1. The van der Waals surface area contributed by atoms with E-state index in [0.717, 1.165) is 5.56 Å². The molecule has 2 atom stereocenters. The van der Waals surface area contributed by atoms with Crippen LogP contribution >= 0.6 is 11.6 Å². The third-order valence-electron chi connectivity index (χ3n) is 3.08. The van der Waals surface area contributed by atoms with Crippen LogP contribution in [0.25, 0.3) is 0 Å². The Labute approximate surface area is 123 Å². The molecule has 2 unspecified atom stereocenters. The number of aliphatic carboxylic acids is 1. The molecule has 0 bridgehead atoms. The first-order chi connectivity index (χ1) is 9.31. The van der Waals surface area contributed by atoms with Crippen molar-refractivity contribution in [1.82, 2.24) is 10.2 Å². The Morgan fingerprint density at radius 3 is 2.60 bits per heavy atom. The van der Waals surface area contributed by atoms with E-state index in [-0.39, 0.29) is 18.5 Å². The number of urea groups is 1. The Morgan fingerprint density at radius 1 is 1.40 bits per heavy atom. The van der Waals surface area contributed by atoms with Crippen LogP contribution < -0.4 is 5.32 Å². The third-order valence-corrected chi connectivity index (χ3v) is 3.32. The lowest BCUT2D eigenvalue weighted by atomic mass is 10.1. The standard InChI is InChI=1S/C14H19ClN2O3/c1-9(7-13(18)19)16-14(20)17(3)10(2)11-5-4-6-12(15)8-11/h4-6,8-10H,7H2,1-3H3,(H,16,20)(H,18,19). The fourth-order valence-corrected chi connectivity index (χ4v) is 1.99. The number of carboxylic acids is 1. The first-order valence-corrected chi connectivity index (χ1v) is 6.69. The van der Waals surface area contributed by atoms with Crippen molar-refractivity contribution in [1.29, 1.82) is 0 Å². The molecule has 0 heterocycles. The smallest absolute Gasteiger partial charge is 0.317 e. The lowest BCUT2D eigenvalue weighted by molar-refractivity contribution is -0.137. The summed E-state index contributed by atoms with van der Waals surface area (Å²) in [6, 6.07) is 6.39. The topological polar surface area (TPSA) is 69.6 Å². The van der Waals surface area contributed by atoms with E-state index in [9.17, 15) is 9.59 Å². The molecule has 1 aromatic carbocycles. The highest BCUT2D eigenvalue weighted by molar-refractivity contribution is 6.30. The van der Waals surface area contributed by atoms with E-state index in [1.54, 1.807) is 26.1 Å². The summed E-state index contributed by atoms with van der Waals surface area (Å²) < 4.78 is 0. The van der Waals surface area contributed by atoms with E-state index in [0.29, 0.717) is 5.02 Å². The van der Waals surface area contributed by atoms with Gasteiger partial charge in [0, 0.05) is 18.1 Å². The minimum Gasteiger partial charge on any atom is -0.481 e. The van der Waals surface area contributed by atoms with Crippen LogP contribution in [-0.2, 0) is 4.79 Å². The van der Waals surface area contributed by atoms with Crippen molar-refractivity contribution < 1.29 is 14.7 Å². The molecular weight excluding hydrogens is 280 g/mol. The van der Waals surface area contributed by atoms with E-state index in [2.05, 4.69) is 5.32 Å². The first-order valence-electron chi connectivity index (χ1n) is 6.32. The summed E-state index contributed by atoms with van der Waals surface area (Å²) in [5.41, 5.74) is 0.918. The number of carbonyl (C=O) groups excluding carboxylic acids is 1. The Morgan fingerprint density at radius 2 is 2.05 bits per heavy atom. The maximum Gasteiger partial charge on any atom is 0.317 e. The molecule has 1 rings (SSSR count).